The Morgan fingerprint density at radius 1 is 0.385 bits per heavy atom. The number of hydrogen-bond donors (Lipinski definition) is 0. The van der Waals surface area contributed by atoms with Crippen LogP contribution >= 0.6 is 0 Å². The quantitative estimate of drug-likeness (QED) is 0.144. The highest BCUT2D eigenvalue weighted by atomic mass is 16.3. The van der Waals surface area contributed by atoms with Crippen molar-refractivity contribution in [1.82, 2.24) is 0 Å². The number of hydrogen-bond acceptors (Lipinski definition) is 3. The number of benzene rings is 11. The van der Waals surface area contributed by atoms with Gasteiger partial charge in [0.2, 0.25) is 0 Å². The zero-order valence-corrected chi connectivity index (χ0v) is 44.9. The first kappa shape index (κ1) is 47.0. The van der Waals surface area contributed by atoms with Crippen LogP contribution < -0.4 is 9.80 Å². The highest BCUT2D eigenvalue weighted by Crippen LogP contribution is 2.67. The van der Waals surface area contributed by atoms with Crippen LogP contribution in [0.2, 0.25) is 0 Å². The molecule has 3 heteroatoms. The summed E-state index contributed by atoms with van der Waals surface area (Å²) in [5.41, 5.74) is 27.1. The van der Waals surface area contributed by atoms with E-state index in [0.717, 1.165) is 61.6 Å². The van der Waals surface area contributed by atoms with Crippen LogP contribution in [0.1, 0.15) is 58.4 Å². The molecule has 0 saturated heterocycles. The van der Waals surface area contributed by atoms with Gasteiger partial charge >= 0.3 is 0 Å². The van der Waals surface area contributed by atoms with Gasteiger partial charge in [0.1, 0.15) is 5.58 Å². The minimum Gasteiger partial charge on any atom is -0.454 e. The number of furan rings is 1. The smallest absolute Gasteiger partial charge is 0.160 e. The van der Waals surface area contributed by atoms with Gasteiger partial charge in [-0.15, -0.1) is 0 Å². The van der Waals surface area contributed by atoms with Crippen molar-refractivity contribution in [3.8, 4) is 33.4 Å². The first-order chi connectivity index (χ1) is 38.3. The molecule has 374 valence electrons. The van der Waals surface area contributed by atoms with E-state index >= 15 is 0 Å². The molecule has 0 saturated carbocycles. The predicted molar refractivity (Wildman–Crippen MR) is 330 cm³/mol. The van der Waals surface area contributed by atoms with E-state index in [0.29, 0.717) is 0 Å². The SMILES string of the molecule is C/C=C\C1=C(C)c2ccccc2C12c1cc(N(c3ccc(C)c(-c4ccccc4)c3)c3ccccc3C)c3ccccc3c1-c1c2cc(N(c2ccc(C)c(-c3ccccc3)c2)c2ccccc2C)c2oc3ccccc3c12. The molecular weight excluding hydrogens is 945 g/mol. The van der Waals surface area contributed by atoms with Gasteiger partial charge in [-0.3, -0.25) is 0 Å². The van der Waals surface area contributed by atoms with Gasteiger partial charge in [0.15, 0.2) is 5.58 Å². The van der Waals surface area contributed by atoms with Crippen LogP contribution in [0.15, 0.2) is 253 Å². The highest BCUT2D eigenvalue weighted by molar-refractivity contribution is 6.24. The number of anilines is 6. The fourth-order valence-electron chi connectivity index (χ4n) is 13.4. The van der Waals surface area contributed by atoms with Crippen LogP contribution in [0.4, 0.5) is 34.1 Å². The fourth-order valence-corrected chi connectivity index (χ4v) is 13.4. The van der Waals surface area contributed by atoms with Gasteiger partial charge in [0, 0.05) is 38.9 Å². The van der Waals surface area contributed by atoms with Gasteiger partial charge in [-0.1, -0.05) is 188 Å². The Balaban J connectivity index is 1.16. The number of fused-ring (bicyclic) bond motifs is 13. The summed E-state index contributed by atoms with van der Waals surface area (Å²) in [5, 5.41) is 4.57. The van der Waals surface area contributed by atoms with E-state index in [2.05, 4.69) is 294 Å². The number of nitrogens with zero attached hydrogens (tertiary/aromatic N) is 2. The Kier molecular flexibility index (Phi) is 11.1. The number of allylic oxidation sites excluding steroid dienone is 4. The van der Waals surface area contributed by atoms with Crippen molar-refractivity contribution in [2.45, 2.75) is 47.0 Å². The zero-order valence-electron chi connectivity index (χ0n) is 44.9. The van der Waals surface area contributed by atoms with Crippen LogP contribution in [0, 0.1) is 27.7 Å². The molecule has 1 aromatic heterocycles. The minimum atomic E-state index is -0.752. The summed E-state index contributed by atoms with van der Waals surface area (Å²) in [5.74, 6) is 0. The summed E-state index contributed by atoms with van der Waals surface area (Å²) >= 11 is 0. The Morgan fingerprint density at radius 2 is 0.885 bits per heavy atom. The van der Waals surface area contributed by atoms with Crippen molar-refractivity contribution in [3.05, 3.63) is 293 Å². The molecule has 1 unspecified atom stereocenters. The average Bonchev–Trinajstić information content (AvgIpc) is 3.04. The largest absolute Gasteiger partial charge is 0.454 e. The summed E-state index contributed by atoms with van der Waals surface area (Å²) in [7, 11) is 0. The topological polar surface area (TPSA) is 19.6 Å². The van der Waals surface area contributed by atoms with Crippen LogP contribution in [0.5, 0.6) is 0 Å². The standard InChI is InChI=1S/C75H58N2O/c1-7-24-62-51(6)56-31-18-20-35-63(56)75(62)64-45-68(76(66-36-21-14-25-49(66)4)54-41-39-47(2)60(43-54)52-27-10-8-11-28-52)57-32-16-17-33-58(57)71(64)73-65(75)46-69(74-72(73)59-34-19-23-38-70(59)78-74)77(67-37-22-15-26-50(67)5)55-42-40-48(3)61(44-55)53-29-12-9-13-30-53/h7-46H,1-6H3/b24-7-. The van der Waals surface area contributed by atoms with E-state index in [9.17, 15) is 0 Å². The van der Waals surface area contributed by atoms with E-state index in [1.54, 1.807) is 0 Å². The molecule has 11 aromatic carbocycles. The highest BCUT2D eigenvalue weighted by Gasteiger charge is 2.54. The molecule has 1 spiro atoms. The van der Waals surface area contributed by atoms with Crippen LogP contribution in [0.3, 0.4) is 0 Å². The van der Waals surface area contributed by atoms with Crippen LogP contribution in [-0.4, -0.2) is 0 Å². The first-order valence-corrected chi connectivity index (χ1v) is 27.3. The third-order valence-corrected chi connectivity index (χ3v) is 16.9. The van der Waals surface area contributed by atoms with Gasteiger partial charge in [0.05, 0.1) is 16.8 Å². The molecule has 0 amide bonds. The summed E-state index contributed by atoms with van der Waals surface area (Å²) in [6.45, 7) is 13.4. The maximum atomic E-state index is 7.43. The molecule has 2 aliphatic carbocycles. The monoisotopic (exact) mass is 1000 g/mol. The summed E-state index contributed by atoms with van der Waals surface area (Å²) in [6.07, 6.45) is 4.64. The molecule has 12 aromatic rings. The van der Waals surface area contributed by atoms with E-state index in [1.807, 2.05) is 0 Å². The zero-order chi connectivity index (χ0) is 52.8. The van der Waals surface area contributed by atoms with Gasteiger partial charge in [-0.05, 0) is 191 Å². The predicted octanol–water partition coefficient (Wildman–Crippen LogP) is 20.9. The average molecular weight is 1000 g/mol. The molecule has 1 atom stereocenters. The fraction of sp³-hybridized carbons (Fsp3) is 0.0933. The minimum absolute atomic E-state index is 0.752. The lowest BCUT2D eigenvalue weighted by Crippen LogP contribution is -2.27. The van der Waals surface area contributed by atoms with Crippen molar-refractivity contribution in [2.75, 3.05) is 9.80 Å². The van der Waals surface area contributed by atoms with Crippen molar-refractivity contribution < 1.29 is 4.42 Å². The number of aryl methyl sites for hydroxylation is 4. The molecule has 2 aliphatic rings. The van der Waals surface area contributed by atoms with Crippen molar-refractivity contribution in [1.29, 1.82) is 0 Å². The lowest BCUT2D eigenvalue weighted by Gasteiger charge is -2.35. The molecule has 0 radical (unpaired) electrons. The summed E-state index contributed by atoms with van der Waals surface area (Å²) in [6, 6.07) is 85.3. The van der Waals surface area contributed by atoms with Crippen LogP contribution in [0.25, 0.3) is 71.7 Å². The molecular formula is C75H58N2O. The first-order valence-electron chi connectivity index (χ1n) is 27.3. The molecule has 14 rings (SSSR count). The van der Waals surface area contributed by atoms with Gasteiger partial charge in [-0.2, -0.15) is 0 Å². The Morgan fingerprint density at radius 3 is 1.50 bits per heavy atom. The second kappa shape index (κ2) is 18.4. The molecule has 78 heavy (non-hydrogen) atoms. The Bertz CT molecular complexity index is 4460. The summed E-state index contributed by atoms with van der Waals surface area (Å²) < 4.78 is 7.43. The Labute approximate surface area is 457 Å². The van der Waals surface area contributed by atoms with E-state index < -0.39 is 5.41 Å². The third-order valence-electron chi connectivity index (χ3n) is 16.9. The van der Waals surface area contributed by atoms with E-state index in [4.69, 9.17) is 4.42 Å². The molecule has 0 N–H and O–H groups in total. The van der Waals surface area contributed by atoms with Gasteiger partial charge < -0.3 is 14.2 Å². The van der Waals surface area contributed by atoms with Crippen molar-refractivity contribution in [2.24, 2.45) is 0 Å². The Hall–Kier alpha value is -9.44. The number of para-hydroxylation sites is 3. The molecule has 0 aliphatic heterocycles. The maximum absolute atomic E-state index is 7.43. The van der Waals surface area contributed by atoms with Crippen molar-refractivity contribution in [3.63, 3.8) is 0 Å². The normalized spacial score (nSPS) is 14.5. The molecule has 0 fully saturated rings. The number of rotatable bonds is 9. The second-order valence-corrected chi connectivity index (χ2v) is 21.3. The second-order valence-electron chi connectivity index (χ2n) is 21.3. The summed E-state index contributed by atoms with van der Waals surface area (Å²) in [4.78, 5) is 5.00. The molecule has 1 heterocycles. The lowest BCUT2D eigenvalue weighted by atomic mass is 9.69. The van der Waals surface area contributed by atoms with E-state index in [1.165, 1.54) is 94.2 Å². The van der Waals surface area contributed by atoms with Gasteiger partial charge in [-0.25, -0.2) is 0 Å². The molecule has 3 nitrogen and oxygen atoms in total. The molecule has 0 bridgehead atoms. The third kappa shape index (κ3) is 6.97. The van der Waals surface area contributed by atoms with Gasteiger partial charge in [0.25, 0.3) is 0 Å². The van der Waals surface area contributed by atoms with E-state index in [-0.39, 0.29) is 0 Å². The van der Waals surface area contributed by atoms with Crippen molar-refractivity contribution >= 4 is 72.4 Å². The maximum Gasteiger partial charge on any atom is 0.160 e. The lowest BCUT2D eigenvalue weighted by molar-refractivity contribution is 0.668. The van der Waals surface area contributed by atoms with Crippen LogP contribution in [-0.2, 0) is 5.41 Å².